The number of carbonyl (C=O) groups is 2. The van der Waals surface area contributed by atoms with E-state index in [4.69, 9.17) is 5.11 Å². The lowest BCUT2D eigenvalue weighted by atomic mass is 9.71. The van der Waals surface area contributed by atoms with Crippen molar-refractivity contribution in [2.24, 2.45) is 0 Å². The summed E-state index contributed by atoms with van der Waals surface area (Å²) in [4.78, 5) is 27.6. The van der Waals surface area contributed by atoms with E-state index in [0.29, 0.717) is 12.8 Å². The van der Waals surface area contributed by atoms with Crippen LogP contribution in [0.2, 0.25) is 0 Å². The first kappa shape index (κ1) is 17.0. The Hall–Kier alpha value is -2.83. The van der Waals surface area contributed by atoms with Gasteiger partial charge in [-0.15, -0.1) is 0 Å². The van der Waals surface area contributed by atoms with E-state index >= 15 is 0 Å². The van der Waals surface area contributed by atoms with Crippen molar-refractivity contribution in [3.8, 4) is 0 Å². The number of hydrogen-bond donors (Lipinski definition) is 2. The Morgan fingerprint density at radius 3 is 2.44 bits per heavy atom. The number of hydrogen-bond acceptors (Lipinski definition) is 3. The van der Waals surface area contributed by atoms with E-state index in [1.807, 2.05) is 0 Å². The zero-order chi connectivity index (χ0) is 18.2. The standard InChI is InChI=1S/C18H16F2N2O3/c1-10-12(17(24)25)4-6-15(21-10)16(23)22-18(7-2-8-18)13-5-3-11(19)9-14(13)20/h3-6,9H,2,7-8H2,1H3,(H,22,23)(H,24,25). The topological polar surface area (TPSA) is 79.3 Å². The first-order valence-electron chi connectivity index (χ1n) is 7.81. The molecule has 1 aromatic carbocycles. The number of aryl methyl sites for hydroxylation is 1. The summed E-state index contributed by atoms with van der Waals surface area (Å²) in [7, 11) is 0. The van der Waals surface area contributed by atoms with Crippen molar-refractivity contribution in [1.82, 2.24) is 10.3 Å². The lowest BCUT2D eigenvalue weighted by Crippen LogP contribution is -2.51. The Morgan fingerprint density at radius 2 is 1.92 bits per heavy atom. The van der Waals surface area contributed by atoms with Crippen LogP contribution in [-0.2, 0) is 5.54 Å². The monoisotopic (exact) mass is 346 g/mol. The molecule has 0 saturated heterocycles. The minimum absolute atomic E-state index is 0.0134. The molecule has 0 spiro atoms. The number of rotatable bonds is 4. The van der Waals surface area contributed by atoms with Gasteiger partial charge in [0.25, 0.3) is 5.91 Å². The molecular weight excluding hydrogens is 330 g/mol. The van der Waals surface area contributed by atoms with E-state index in [9.17, 15) is 18.4 Å². The molecule has 2 aromatic rings. The van der Waals surface area contributed by atoms with Gasteiger partial charge in [-0.1, -0.05) is 6.07 Å². The average molecular weight is 346 g/mol. The number of halogens is 2. The van der Waals surface area contributed by atoms with Crippen molar-refractivity contribution < 1.29 is 23.5 Å². The van der Waals surface area contributed by atoms with Gasteiger partial charge in [0.2, 0.25) is 0 Å². The quantitative estimate of drug-likeness (QED) is 0.891. The van der Waals surface area contributed by atoms with Crippen LogP contribution in [0.3, 0.4) is 0 Å². The first-order valence-corrected chi connectivity index (χ1v) is 7.81. The molecule has 7 heteroatoms. The summed E-state index contributed by atoms with van der Waals surface area (Å²) in [6.07, 6.45) is 1.88. The minimum Gasteiger partial charge on any atom is -0.478 e. The molecule has 5 nitrogen and oxygen atoms in total. The van der Waals surface area contributed by atoms with Crippen molar-refractivity contribution in [2.75, 3.05) is 0 Å². The summed E-state index contributed by atoms with van der Waals surface area (Å²) in [5.41, 5.74) is -0.366. The van der Waals surface area contributed by atoms with Gasteiger partial charge in [0, 0.05) is 11.6 Å². The van der Waals surface area contributed by atoms with Crippen LogP contribution in [0.1, 0.15) is 51.4 Å². The highest BCUT2D eigenvalue weighted by molar-refractivity contribution is 5.95. The molecule has 1 aliphatic rings. The van der Waals surface area contributed by atoms with Gasteiger partial charge in [0.1, 0.15) is 17.3 Å². The molecule has 0 atom stereocenters. The van der Waals surface area contributed by atoms with E-state index in [1.165, 1.54) is 25.1 Å². The molecule has 0 unspecified atom stereocenters. The molecule has 1 fully saturated rings. The van der Waals surface area contributed by atoms with E-state index in [0.717, 1.165) is 18.6 Å². The molecular formula is C18H16F2N2O3. The highest BCUT2D eigenvalue weighted by Crippen LogP contribution is 2.42. The Morgan fingerprint density at radius 1 is 1.20 bits per heavy atom. The zero-order valence-electron chi connectivity index (χ0n) is 13.5. The summed E-state index contributed by atoms with van der Waals surface area (Å²) < 4.78 is 27.3. The normalized spacial score (nSPS) is 15.3. The molecule has 2 N–H and O–H groups in total. The van der Waals surface area contributed by atoms with Gasteiger partial charge in [-0.3, -0.25) is 4.79 Å². The summed E-state index contributed by atoms with van der Waals surface area (Å²) in [5, 5.41) is 11.8. The Labute approximate surface area is 142 Å². The molecule has 0 radical (unpaired) electrons. The number of carboxylic acid groups (broad SMARTS) is 1. The van der Waals surface area contributed by atoms with Crippen LogP contribution in [0.4, 0.5) is 8.78 Å². The maximum atomic E-state index is 14.2. The van der Waals surface area contributed by atoms with E-state index < -0.39 is 29.0 Å². The maximum Gasteiger partial charge on any atom is 0.337 e. The van der Waals surface area contributed by atoms with Crippen molar-refractivity contribution in [3.05, 3.63) is 64.5 Å². The smallest absolute Gasteiger partial charge is 0.337 e. The number of aromatic nitrogens is 1. The fourth-order valence-electron chi connectivity index (χ4n) is 3.06. The zero-order valence-corrected chi connectivity index (χ0v) is 13.5. The second-order valence-electron chi connectivity index (χ2n) is 6.15. The lowest BCUT2D eigenvalue weighted by Gasteiger charge is -2.43. The van der Waals surface area contributed by atoms with Gasteiger partial charge in [0.05, 0.1) is 16.8 Å². The third kappa shape index (κ3) is 3.09. The number of aromatic carboxylic acids is 1. The van der Waals surface area contributed by atoms with Crippen molar-refractivity contribution in [3.63, 3.8) is 0 Å². The molecule has 1 aliphatic carbocycles. The number of carbonyl (C=O) groups excluding carboxylic acids is 1. The number of pyridine rings is 1. The highest BCUT2D eigenvalue weighted by Gasteiger charge is 2.42. The van der Waals surface area contributed by atoms with Crippen LogP contribution in [0.25, 0.3) is 0 Å². The van der Waals surface area contributed by atoms with E-state index in [1.54, 1.807) is 0 Å². The molecule has 130 valence electrons. The SMILES string of the molecule is Cc1nc(C(=O)NC2(c3ccc(F)cc3F)CCC2)ccc1C(=O)O. The Bertz CT molecular complexity index is 863. The molecule has 1 aromatic heterocycles. The third-order valence-electron chi connectivity index (χ3n) is 4.56. The molecule has 1 amide bonds. The van der Waals surface area contributed by atoms with Gasteiger partial charge in [-0.05, 0) is 44.4 Å². The van der Waals surface area contributed by atoms with Crippen LogP contribution < -0.4 is 5.32 Å². The van der Waals surface area contributed by atoms with Gasteiger partial charge in [-0.25, -0.2) is 18.6 Å². The number of amides is 1. The summed E-state index contributed by atoms with van der Waals surface area (Å²) in [6, 6.07) is 5.93. The first-order chi connectivity index (χ1) is 11.8. The van der Waals surface area contributed by atoms with Crippen LogP contribution in [0.15, 0.2) is 30.3 Å². The Balaban J connectivity index is 1.88. The van der Waals surface area contributed by atoms with Crippen molar-refractivity contribution in [2.45, 2.75) is 31.7 Å². The predicted octanol–water partition coefficient (Wildman–Crippen LogP) is 3.18. The summed E-state index contributed by atoms with van der Waals surface area (Å²) >= 11 is 0. The molecule has 25 heavy (non-hydrogen) atoms. The fraction of sp³-hybridized carbons (Fsp3) is 0.278. The number of nitrogens with zero attached hydrogens (tertiary/aromatic N) is 1. The summed E-state index contributed by atoms with van der Waals surface area (Å²) in [5.74, 6) is -3.03. The number of carboxylic acids is 1. The average Bonchev–Trinajstić information content (AvgIpc) is 2.51. The van der Waals surface area contributed by atoms with Crippen LogP contribution in [0.5, 0.6) is 0 Å². The second-order valence-corrected chi connectivity index (χ2v) is 6.15. The summed E-state index contributed by atoms with van der Waals surface area (Å²) in [6.45, 7) is 1.50. The van der Waals surface area contributed by atoms with Gasteiger partial charge in [0.15, 0.2) is 0 Å². The van der Waals surface area contributed by atoms with Gasteiger partial charge < -0.3 is 10.4 Å². The molecule has 0 bridgehead atoms. The molecule has 1 heterocycles. The van der Waals surface area contributed by atoms with Gasteiger partial charge in [-0.2, -0.15) is 0 Å². The van der Waals surface area contributed by atoms with Crippen LogP contribution >= 0.6 is 0 Å². The number of nitrogens with one attached hydrogen (secondary N) is 1. The predicted molar refractivity (Wildman–Crippen MR) is 85.3 cm³/mol. The minimum atomic E-state index is -1.12. The highest BCUT2D eigenvalue weighted by atomic mass is 19.1. The lowest BCUT2D eigenvalue weighted by molar-refractivity contribution is 0.0693. The second kappa shape index (κ2) is 6.23. The van der Waals surface area contributed by atoms with Crippen molar-refractivity contribution in [1.29, 1.82) is 0 Å². The fourth-order valence-corrected chi connectivity index (χ4v) is 3.06. The Kier molecular flexibility index (Phi) is 4.24. The van der Waals surface area contributed by atoms with Crippen LogP contribution in [-0.4, -0.2) is 22.0 Å². The van der Waals surface area contributed by atoms with E-state index in [2.05, 4.69) is 10.3 Å². The molecule has 3 rings (SSSR count). The van der Waals surface area contributed by atoms with Crippen molar-refractivity contribution >= 4 is 11.9 Å². The third-order valence-corrected chi connectivity index (χ3v) is 4.56. The molecule has 0 aliphatic heterocycles. The van der Waals surface area contributed by atoms with E-state index in [-0.39, 0.29) is 22.5 Å². The maximum absolute atomic E-state index is 14.2. The van der Waals surface area contributed by atoms with Crippen LogP contribution in [0, 0.1) is 18.6 Å². The largest absolute Gasteiger partial charge is 0.478 e. The number of benzene rings is 1. The molecule has 1 saturated carbocycles. The van der Waals surface area contributed by atoms with Gasteiger partial charge >= 0.3 is 5.97 Å².